The second kappa shape index (κ2) is 4.87. The molecular formula is C13H18N4O2. The maximum atomic E-state index is 10.5. The molecule has 102 valence electrons. The van der Waals surface area contributed by atoms with Crippen LogP contribution in [0.15, 0.2) is 18.3 Å². The Bertz CT molecular complexity index is 598. The molecule has 0 spiro atoms. The molecule has 0 unspecified atom stereocenters. The number of carbonyl (C=O) groups is 1. The van der Waals surface area contributed by atoms with Gasteiger partial charge in [0.15, 0.2) is 5.65 Å². The normalized spacial score (nSPS) is 11.7. The van der Waals surface area contributed by atoms with E-state index in [0.717, 1.165) is 17.2 Å². The van der Waals surface area contributed by atoms with Crippen LogP contribution >= 0.6 is 0 Å². The molecule has 0 aliphatic heterocycles. The third kappa shape index (κ3) is 3.67. The van der Waals surface area contributed by atoms with E-state index in [2.05, 4.69) is 36.2 Å². The summed E-state index contributed by atoms with van der Waals surface area (Å²) in [5, 5.41) is 16.3. The lowest BCUT2D eigenvalue weighted by molar-refractivity contribution is -0.136. The molecule has 2 heterocycles. The molecular weight excluding hydrogens is 244 g/mol. The molecule has 19 heavy (non-hydrogen) atoms. The summed E-state index contributed by atoms with van der Waals surface area (Å²) in [5.41, 5.74) is 1.40. The van der Waals surface area contributed by atoms with E-state index in [1.54, 1.807) is 10.7 Å². The monoisotopic (exact) mass is 262 g/mol. The molecule has 0 aliphatic rings. The number of carboxylic acids is 1. The van der Waals surface area contributed by atoms with Gasteiger partial charge in [-0.1, -0.05) is 0 Å². The molecule has 0 aliphatic carbocycles. The predicted molar refractivity (Wildman–Crippen MR) is 72.3 cm³/mol. The van der Waals surface area contributed by atoms with E-state index in [4.69, 9.17) is 5.11 Å². The highest BCUT2D eigenvalue weighted by atomic mass is 16.4. The van der Waals surface area contributed by atoms with Crippen molar-refractivity contribution in [3.63, 3.8) is 0 Å². The first-order valence-corrected chi connectivity index (χ1v) is 6.19. The van der Waals surface area contributed by atoms with Crippen LogP contribution < -0.4 is 5.32 Å². The molecule has 0 radical (unpaired) electrons. The average molecular weight is 262 g/mol. The van der Waals surface area contributed by atoms with Gasteiger partial charge < -0.3 is 10.4 Å². The van der Waals surface area contributed by atoms with E-state index in [1.807, 2.05) is 12.1 Å². The summed E-state index contributed by atoms with van der Waals surface area (Å²) in [4.78, 5) is 14.9. The molecule has 0 bridgehead atoms. The minimum atomic E-state index is -0.819. The standard InChI is InChI=1S/C13H18N4O2/c1-13(2,3)15-10-5-6-11-14-9(4-7-12(18)19)8-17(11)16-10/h5-6,8H,4,7H2,1-3H3,(H,15,16)(H,18,19). The van der Waals surface area contributed by atoms with E-state index in [0.29, 0.717) is 6.42 Å². The molecule has 0 amide bonds. The molecule has 0 atom stereocenters. The van der Waals surface area contributed by atoms with Gasteiger partial charge in [0.2, 0.25) is 0 Å². The third-order valence-electron chi connectivity index (χ3n) is 2.47. The Labute approximate surface area is 111 Å². The number of nitrogens with zero attached hydrogens (tertiary/aromatic N) is 3. The summed E-state index contributed by atoms with van der Waals surface area (Å²) in [6.45, 7) is 6.18. The second-order valence-electron chi connectivity index (χ2n) is 5.52. The smallest absolute Gasteiger partial charge is 0.303 e. The van der Waals surface area contributed by atoms with Gasteiger partial charge in [0, 0.05) is 12.0 Å². The molecule has 6 heteroatoms. The van der Waals surface area contributed by atoms with Gasteiger partial charge in [0.25, 0.3) is 0 Å². The van der Waals surface area contributed by atoms with Crippen molar-refractivity contribution in [2.24, 2.45) is 0 Å². The van der Waals surface area contributed by atoms with Gasteiger partial charge in [-0.2, -0.15) is 0 Å². The number of anilines is 1. The topological polar surface area (TPSA) is 79.5 Å². The van der Waals surface area contributed by atoms with Crippen LogP contribution in [0.5, 0.6) is 0 Å². The van der Waals surface area contributed by atoms with Crippen LogP contribution in [0.3, 0.4) is 0 Å². The second-order valence-corrected chi connectivity index (χ2v) is 5.52. The van der Waals surface area contributed by atoms with E-state index in [1.165, 1.54) is 0 Å². The first-order chi connectivity index (χ1) is 8.83. The Hall–Kier alpha value is -2.11. The fourth-order valence-electron chi connectivity index (χ4n) is 1.74. The minimum Gasteiger partial charge on any atom is -0.481 e. The first kappa shape index (κ1) is 13.3. The highest BCUT2D eigenvalue weighted by Crippen LogP contribution is 2.13. The Morgan fingerprint density at radius 2 is 2.16 bits per heavy atom. The van der Waals surface area contributed by atoms with Crippen LogP contribution in [0.2, 0.25) is 0 Å². The summed E-state index contributed by atoms with van der Waals surface area (Å²) >= 11 is 0. The largest absolute Gasteiger partial charge is 0.481 e. The van der Waals surface area contributed by atoms with Crippen LogP contribution in [-0.2, 0) is 11.2 Å². The highest BCUT2D eigenvalue weighted by molar-refractivity contribution is 5.67. The Kier molecular flexibility index (Phi) is 3.42. The number of hydrogen-bond donors (Lipinski definition) is 2. The number of aryl methyl sites for hydroxylation is 1. The summed E-state index contributed by atoms with van der Waals surface area (Å²) < 4.78 is 1.67. The van der Waals surface area contributed by atoms with E-state index >= 15 is 0 Å². The molecule has 2 N–H and O–H groups in total. The van der Waals surface area contributed by atoms with Crippen molar-refractivity contribution in [2.45, 2.75) is 39.2 Å². The number of fused-ring (bicyclic) bond motifs is 1. The Balaban J connectivity index is 2.21. The number of hydrogen-bond acceptors (Lipinski definition) is 4. The van der Waals surface area contributed by atoms with Gasteiger partial charge in [-0.3, -0.25) is 4.79 Å². The molecule has 2 rings (SSSR count). The van der Waals surface area contributed by atoms with E-state index in [9.17, 15) is 4.79 Å². The number of nitrogens with one attached hydrogen (secondary N) is 1. The Morgan fingerprint density at radius 3 is 2.79 bits per heavy atom. The summed E-state index contributed by atoms with van der Waals surface area (Å²) in [6.07, 6.45) is 2.27. The van der Waals surface area contributed by atoms with Crippen LogP contribution in [-0.4, -0.2) is 31.2 Å². The van der Waals surface area contributed by atoms with Crippen molar-refractivity contribution >= 4 is 17.4 Å². The van der Waals surface area contributed by atoms with Crippen LogP contribution in [0.25, 0.3) is 5.65 Å². The van der Waals surface area contributed by atoms with Gasteiger partial charge in [0.05, 0.1) is 18.3 Å². The van der Waals surface area contributed by atoms with Crippen molar-refractivity contribution < 1.29 is 9.90 Å². The lowest BCUT2D eigenvalue weighted by Gasteiger charge is -2.20. The van der Waals surface area contributed by atoms with Gasteiger partial charge in [0.1, 0.15) is 5.82 Å². The van der Waals surface area contributed by atoms with E-state index < -0.39 is 5.97 Å². The lowest BCUT2D eigenvalue weighted by Crippen LogP contribution is -2.26. The zero-order chi connectivity index (χ0) is 14.0. The zero-order valence-electron chi connectivity index (χ0n) is 11.3. The minimum absolute atomic E-state index is 0.0621. The molecule has 2 aromatic heterocycles. The predicted octanol–water partition coefficient (Wildman–Crippen LogP) is 1.96. The maximum absolute atomic E-state index is 10.5. The first-order valence-electron chi connectivity index (χ1n) is 6.19. The van der Waals surface area contributed by atoms with Crippen molar-refractivity contribution in [3.8, 4) is 0 Å². The number of carboxylic acid groups (broad SMARTS) is 1. The SMILES string of the molecule is CC(C)(C)Nc1ccc2nc(CCC(=O)O)cn2n1. The fraction of sp³-hybridized carbons (Fsp3) is 0.462. The fourth-order valence-corrected chi connectivity index (χ4v) is 1.74. The van der Waals surface area contributed by atoms with Crippen molar-refractivity contribution in [3.05, 3.63) is 24.0 Å². The quantitative estimate of drug-likeness (QED) is 0.880. The number of imidazole rings is 1. The molecule has 0 fully saturated rings. The molecule has 6 nitrogen and oxygen atoms in total. The summed E-state index contributed by atoms with van der Waals surface area (Å²) in [6, 6.07) is 3.74. The van der Waals surface area contributed by atoms with E-state index in [-0.39, 0.29) is 12.0 Å². The van der Waals surface area contributed by atoms with Crippen molar-refractivity contribution in [1.82, 2.24) is 14.6 Å². The van der Waals surface area contributed by atoms with Gasteiger partial charge in [-0.25, -0.2) is 9.50 Å². The van der Waals surface area contributed by atoms with Crippen LogP contribution in [0.4, 0.5) is 5.82 Å². The van der Waals surface area contributed by atoms with Crippen LogP contribution in [0.1, 0.15) is 32.9 Å². The highest BCUT2D eigenvalue weighted by Gasteiger charge is 2.11. The van der Waals surface area contributed by atoms with Crippen molar-refractivity contribution in [1.29, 1.82) is 0 Å². The number of aliphatic carboxylic acids is 1. The summed E-state index contributed by atoms with van der Waals surface area (Å²) in [5.74, 6) is -0.0534. The zero-order valence-corrected chi connectivity index (χ0v) is 11.3. The molecule has 0 saturated carbocycles. The van der Waals surface area contributed by atoms with Gasteiger partial charge in [-0.05, 0) is 32.9 Å². The van der Waals surface area contributed by atoms with Gasteiger partial charge >= 0.3 is 5.97 Å². The van der Waals surface area contributed by atoms with Crippen LogP contribution in [0, 0.1) is 0 Å². The molecule has 0 aromatic carbocycles. The van der Waals surface area contributed by atoms with Gasteiger partial charge in [-0.15, -0.1) is 5.10 Å². The Morgan fingerprint density at radius 1 is 1.42 bits per heavy atom. The maximum Gasteiger partial charge on any atom is 0.303 e. The lowest BCUT2D eigenvalue weighted by atomic mass is 10.1. The molecule has 0 saturated heterocycles. The molecule has 2 aromatic rings. The summed E-state index contributed by atoms with van der Waals surface area (Å²) in [7, 11) is 0. The average Bonchev–Trinajstić information content (AvgIpc) is 2.66. The van der Waals surface area contributed by atoms with Crippen molar-refractivity contribution in [2.75, 3.05) is 5.32 Å². The number of rotatable bonds is 4. The third-order valence-corrected chi connectivity index (χ3v) is 2.47. The number of aromatic nitrogens is 3.